The molecule has 0 unspecified atom stereocenters. The van der Waals surface area contributed by atoms with Crippen molar-refractivity contribution in [1.82, 2.24) is 16.2 Å². The Balaban J connectivity index is 1.70. The number of carbonyl (C=O) groups excluding carboxylic acids is 2. The first kappa shape index (κ1) is 21.4. The molecule has 0 fully saturated rings. The van der Waals surface area contributed by atoms with Crippen LogP contribution < -0.4 is 20.9 Å². The van der Waals surface area contributed by atoms with E-state index in [0.29, 0.717) is 20.3 Å². The zero-order valence-corrected chi connectivity index (χ0v) is 17.6. The molecule has 2 aromatic carbocycles. The van der Waals surface area contributed by atoms with Gasteiger partial charge in [0.2, 0.25) is 5.91 Å². The van der Waals surface area contributed by atoms with E-state index in [4.69, 9.17) is 40.2 Å². The lowest BCUT2D eigenvalue weighted by Crippen LogP contribution is -2.49. The summed E-state index contributed by atoms with van der Waals surface area (Å²) in [5.74, 6) is -0.343. The molecule has 10 heteroatoms. The third-order valence-corrected chi connectivity index (χ3v) is 4.41. The standard InChI is InChI=1S/C17H14BrCl2N3O3S/c18-13-8-12(20)5-6-14(13)26-9-16(25)22-23-17(27)21-15(24)7-10-1-3-11(19)4-2-10/h1-6,8H,7,9H2,(H,22,25)(H2,21,23,24,27). The normalized spacial score (nSPS) is 10.0. The van der Waals surface area contributed by atoms with Crippen molar-refractivity contribution in [2.24, 2.45) is 0 Å². The van der Waals surface area contributed by atoms with Crippen LogP contribution in [0.2, 0.25) is 10.0 Å². The zero-order chi connectivity index (χ0) is 19.8. The molecule has 0 heterocycles. The lowest BCUT2D eigenvalue weighted by Gasteiger charge is -2.12. The minimum Gasteiger partial charge on any atom is -0.483 e. The molecular weight excluding hydrogens is 477 g/mol. The van der Waals surface area contributed by atoms with E-state index < -0.39 is 5.91 Å². The number of rotatable bonds is 5. The Morgan fingerprint density at radius 3 is 2.33 bits per heavy atom. The molecule has 2 amide bonds. The molecule has 27 heavy (non-hydrogen) atoms. The predicted molar refractivity (Wildman–Crippen MR) is 112 cm³/mol. The Hall–Kier alpha value is -1.87. The van der Waals surface area contributed by atoms with Gasteiger partial charge in [-0.05, 0) is 64.0 Å². The number of hydrazine groups is 1. The summed E-state index contributed by atoms with van der Waals surface area (Å²) in [6.07, 6.45) is 0.126. The van der Waals surface area contributed by atoms with E-state index in [1.165, 1.54) is 0 Å². The van der Waals surface area contributed by atoms with Gasteiger partial charge in [-0.1, -0.05) is 35.3 Å². The highest BCUT2D eigenvalue weighted by molar-refractivity contribution is 9.10. The van der Waals surface area contributed by atoms with Crippen LogP contribution in [0, 0.1) is 0 Å². The Morgan fingerprint density at radius 2 is 1.67 bits per heavy atom. The fourth-order valence-electron chi connectivity index (χ4n) is 1.89. The smallest absolute Gasteiger partial charge is 0.276 e. The summed E-state index contributed by atoms with van der Waals surface area (Å²) < 4.78 is 5.98. The van der Waals surface area contributed by atoms with Gasteiger partial charge in [0.15, 0.2) is 11.7 Å². The van der Waals surface area contributed by atoms with Crippen LogP contribution in [-0.2, 0) is 16.0 Å². The van der Waals surface area contributed by atoms with E-state index in [9.17, 15) is 9.59 Å². The van der Waals surface area contributed by atoms with Crippen molar-refractivity contribution in [3.8, 4) is 5.75 Å². The third-order valence-electron chi connectivity index (χ3n) is 3.10. The van der Waals surface area contributed by atoms with Crippen molar-refractivity contribution in [1.29, 1.82) is 0 Å². The number of hydrogen-bond acceptors (Lipinski definition) is 4. The van der Waals surface area contributed by atoms with Crippen molar-refractivity contribution in [3.05, 3.63) is 62.5 Å². The van der Waals surface area contributed by atoms with E-state index in [-0.39, 0.29) is 24.0 Å². The molecule has 0 radical (unpaired) electrons. The van der Waals surface area contributed by atoms with Crippen molar-refractivity contribution in [3.63, 3.8) is 0 Å². The fraction of sp³-hybridized carbons (Fsp3) is 0.118. The molecule has 6 nitrogen and oxygen atoms in total. The van der Waals surface area contributed by atoms with Gasteiger partial charge in [-0.25, -0.2) is 0 Å². The molecule has 3 N–H and O–H groups in total. The van der Waals surface area contributed by atoms with Crippen LogP contribution in [0.15, 0.2) is 46.9 Å². The van der Waals surface area contributed by atoms with Crippen LogP contribution >= 0.6 is 51.3 Å². The summed E-state index contributed by atoms with van der Waals surface area (Å²) in [7, 11) is 0. The van der Waals surface area contributed by atoms with E-state index >= 15 is 0 Å². The summed E-state index contributed by atoms with van der Waals surface area (Å²) in [6.45, 7) is -0.255. The summed E-state index contributed by atoms with van der Waals surface area (Å²) in [5, 5.41) is 3.56. The highest BCUT2D eigenvalue weighted by atomic mass is 79.9. The number of benzene rings is 2. The quantitative estimate of drug-likeness (QED) is 0.442. The molecule has 0 saturated heterocycles. The largest absolute Gasteiger partial charge is 0.483 e. The molecule has 0 atom stereocenters. The number of amides is 2. The highest BCUT2D eigenvalue weighted by Gasteiger charge is 2.09. The predicted octanol–water partition coefficient (Wildman–Crippen LogP) is 3.40. The second-order valence-electron chi connectivity index (χ2n) is 5.22. The van der Waals surface area contributed by atoms with Gasteiger partial charge in [0.1, 0.15) is 5.75 Å². The van der Waals surface area contributed by atoms with Gasteiger partial charge < -0.3 is 10.1 Å². The number of hydrogen-bond donors (Lipinski definition) is 3. The molecule has 0 aliphatic carbocycles. The van der Waals surface area contributed by atoms with Crippen LogP contribution in [0.25, 0.3) is 0 Å². The number of carbonyl (C=O) groups is 2. The second-order valence-corrected chi connectivity index (χ2v) is 7.35. The second kappa shape index (κ2) is 10.5. The van der Waals surface area contributed by atoms with Crippen LogP contribution in [0.4, 0.5) is 0 Å². The van der Waals surface area contributed by atoms with E-state index in [1.54, 1.807) is 42.5 Å². The minimum atomic E-state index is -0.480. The summed E-state index contributed by atoms with van der Waals surface area (Å²) >= 11 is 19.9. The van der Waals surface area contributed by atoms with Crippen LogP contribution in [0.3, 0.4) is 0 Å². The minimum absolute atomic E-state index is 0.0324. The first-order valence-corrected chi connectivity index (χ1v) is 9.50. The lowest BCUT2D eigenvalue weighted by molar-refractivity contribution is -0.124. The van der Waals surface area contributed by atoms with E-state index in [1.807, 2.05) is 0 Å². The van der Waals surface area contributed by atoms with Gasteiger partial charge in [0, 0.05) is 10.0 Å². The van der Waals surface area contributed by atoms with E-state index in [0.717, 1.165) is 5.56 Å². The van der Waals surface area contributed by atoms with Gasteiger partial charge in [0.25, 0.3) is 5.91 Å². The Kier molecular flexibility index (Phi) is 8.30. The van der Waals surface area contributed by atoms with Crippen molar-refractivity contribution in [2.45, 2.75) is 6.42 Å². The maximum Gasteiger partial charge on any atom is 0.276 e. The number of nitrogens with one attached hydrogen (secondary N) is 3. The average Bonchev–Trinajstić information content (AvgIpc) is 2.61. The molecule has 0 aromatic heterocycles. The van der Waals surface area contributed by atoms with Crippen molar-refractivity contribution < 1.29 is 14.3 Å². The van der Waals surface area contributed by atoms with Crippen molar-refractivity contribution >= 4 is 68.3 Å². The first-order valence-electron chi connectivity index (χ1n) is 7.54. The molecular formula is C17H14BrCl2N3O3S. The third kappa shape index (κ3) is 7.72. The molecule has 0 saturated carbocycles. The SMILES string of the molecule is O=C(COc1ccc(Cl)cc1Br)NNC(=S)NC(=O)Cc1ccc(Cl)cc1. The molecule has 0 aliphatic rings. The number of thiocarbonyl (C=S) groups is 1. The van der Waals surface area contributed by atoms with Gasteiger partial charge in [-0.2, -0.15) is 0 Å². The Morgan fingerprint density at radius 1 is 1.00 bits per heavy atom. The Labute approximate surface area is 179 Å². The van der Waals surface area contributed by atoms with Crippen LogP contribution in [-0.4, -0.2) is 23.5 Å². The van der Waals surface area contributed by atoms with Crippen LogP contribution in [0.1, 0.15) is 5.56 Å². The van der Waals surface area contributed by atoms with Gasteiger partial charge in [-0.15, -0.1) is 0 Å². The first-order chi connectivity index (χ1) is 12.8. The highest BCUT2D eigenvalue weighted by Crippen LogP contribution is 2.27. The van der Waals surface area contributed by atoms with Crippen LogP contribution in [0.5, 0.6) is 5.75 Å². The molecule has 2 rings (SSSR count). The molecule has 0 aliphatic heterocycles. The lowest BCUT2D eigenvalue weighted by atomic mass is 10.1. The fourth-order valence-corrected chi connectivity index (χ4v) is 2.98. The topological polar surface area (TPSA) is 79.5 Å². The Bertz CT molecular complexity index is 850. The monoisotopic (exact) mass is 489 g/mol. The van der Waals surface area contributed by atoms with Gasteiger partial charge >= 0.3 is 0 Å². The number of ether oxygens (including phenoxy) is 1. The molecule has 0 spiro atoms. The van der Waals surface area contributed by atoms with Gasteiger partial charge in [-0.3, -0.25) is 20.4 Å². The summed E-state index contributed by atoms with van der Waals surface area (Å²) in [4.78, 5) is 23.7. The zero-order valence-electron chi connectivity index (χ0n) is 13.7. The number of halogens is 3. The van der Waals surface area contributed by atoms with E-state index in [2.05, 4.69) is 32.1 Å². The average molecular weight is 491 g/mol. The van der Waals surface area contributed by atoms with Crippen molar-refractivity contribution in [2.75, 3.05) is 6.61 Å². The molecule has 0 bridgehead atoms. The maximum absolute atomic E-state index is 11.9. The molecule has 142 valence electrons. The summed E-state index contributed by atoms with van der Waals surface area (Å²) in [5.41, 5.74) is 5.55. The molecule has 2 aromatic rings. The van der Waals surface area contributed by atoms with Gasteiger partial charge in [0.05, 0.1) is 10.9 Å². The maximum atomic E-state index is 11.9. The summed E-state index contributed by atoms with van der Waals surface area (Å²) in [6, 6.07) is 11.8.